The minimum absolute atomic E-state index is 0.0582. The van der Waals surface area contributed by atoms with Crippen LogP contribution in [0, 0.1) is 9.49 Å². The molecule has 0 aliphatic carbocycles. The van der Waals surface area contributed by atoms with Crippen molar-refractivity contribution in [1.29, 1.82) is 0 Å². The van der Waals surface area contributed by atoms with E-state index in [2.05, 4.69) is 32.9 Å². The van der Waals surface area contributed by atoms with Gasteiger partial charge < -0.3 is 15.0 Å². The third kappa shape index (κ3) is 3.42. The number of nitrogens with one attached hydrogen (secondary N) is 2. The van der Waals surface area contributed by atoms with Crippen molar-refractivity contribution in [1.82, 2.24) is 10.3 Å². The standard InChI is InChI=1S/C17H19IN2O3/c1-2-23-17(22)13-9-20-15-6-11(5-10-3-4-19-8-10)14(18)7-12(15)16(13)21/h6-7,9-10,19H,2-5,8H2,1H3,(H,20,21). The summed E-state index contributed by atoms with van der Waals surface area (Å²) in [5, 5.41) is 3.91. The molecule has 122 valence electrons. The predicted molar refractivity (Wildman–Crippen MR) is 97.9 cm³/mol. The van der Waals surface area contributed by atoms with Gasteiger partial charge in [-0.3, -0.25) is 4.79 Å². The first-order valence-electron chi connectivity index (χ1n) is 7.81. The van der Waals surface area contributed by atoms with Gasteiger partial charge in [-0.05, 0) is 79.1 Å². The van der Waals surface area contributed by atoms with Crippen molar-refractivity contribution in [2.24, 2.45) is 5.92 Å². The summed E-state index contributed by atoms with van der Waals surface area (Å²) in [6, 6.07) is 3.90. The third-order valence-electron chi connectivity index (χ3n) is 4.21. The fourth-order valence-electron chi connectivity index (χ4n) is 3.00. The molecule has 2 N–H and O–H groups in total. The van der Waals surface area contributed by atoms with Crippen LogP contribution in [0.25, 0.3) is 10.9 Å². The Morgan fingerprint density at radius 3 is 2.96 bits per heavy atom. The van der Waals surface area contributed by atoms with Gasteiger partial charge in [-0.25, -0.2) is 4.79 Å². The Balaban J connectivity index is 1.99. The number of hydrogen-bond donors (Lipinski definition) is 2. The molecular weight excluding hydrogens is 407 g/mol. The fourth-order valence-corrected chi connectivity index (χ4v) is 3.69. The minimum atomic E-state index is -0.577. The average molecular weight is 426 g/mol. The van der Waals surface area contributed by atoms with E-state index in [4.69, 9.17) is 4.74 Å². The maximum absolute atomic E-state index is 12.5. The Morgan fingerprint density at radius 2 is 2.26 bits per heavy atom. The number of pyridine rings is 1. The van der Waals surface area contributed by atoms with Gasteiger partial charge in [0.2, 0.25) is 5.43 Å². The monoisotopic (exact) mass is 426 g/mol. The first-order chi connectivity index (χ1) is 11.1. The van der Waals surface area contributed by atoms with Gasteiger partial charge in [0.15, 0.2) is 0 Å². The van der Waals surface area contributed by atoms with Gasteiger partial charge in [-0.1, -0.05) is 0 Å². The highest BCUT2D eigenvalue weighted by Crippen LogP contribution is 2.23. The van der Waals surface area contributed by atoms with Crippen LogP contribution < -0.4 is 10.7 Å². The number of aromatic nitrogens is 1. The number of esters is 1. The SMILES string of the molecule is CCOC(=O)c1c[nH]c2cc(CC3CCNC3)c(I)cc2c1=O. The summed E-state index contributed by atoms with van der Waals surface area (Å²) in [5.41, 5.74) is 1.79. The fraction of sp³-hybridized carbons (Fsp3) is 0.412. The first kappa shape index (κ1) is 16.4. The second kappa shape index (κ2) is 7.00. The van der Waals surface area contributed by atoms with E-state index >= 15 is 0 Å². The Morgan fingerprint density at radius 1 is 1.43 bits per heavy atom. The summed E-state index contributed by atoms with van der Waals surface area (Å²) in [6.45, 7) is 4.10. The van der Waals surface area contributed by atoms with E-state index in [0.717, 1.165) is 28.6 Å². The highest BCUT2D eigenvalue weighted by atomic mass is 127. The number of ether oxygens (including phenoxy) is 1. The van der Waals surface area contributed by atoms with Crippen molar-refractivity contribution in [3.8, 4) is 0 Å². The van der Waals surface area contributed by atoms with Gasteiger partial charge >= 0.3 is 5.97 Å². The summed E-state index contributed by atoms with van der Waals surface area (Å²) >= 11 is 2.27. The van der Waals surface area contributed by atoms with E-state index in [1.54, 1.807) is 6.92 Å². The molecule has 23 heavy (non-hydrogen) atoms. The van der Waals surface area contributed by atoms with E-state index in [-0.39, 0.29) is 17.6 Å². The maximum atomic E-state index is 12.5. The van der Waals surface area contributed by atoms with Crippen LogP contribution in [-0.2, 0) is 11.2 Å². The summed E-state index contributed by atoms with van der Waals surface area (Å²) < 4.78 is 6.00. The molecule has 1 saturated heterocycles. The van der Waals surface area contributed by atoms with Crippen molar-refractivity contribution >= 4 is 39.5 Å². The summed E-state index contributed by atoms with van der Waals surface area (Å²) in [4.78, 5) is 27.4. The number of benzene rings is 1. The smallest absolute Gasteiger partial charge is 0.343 e. The van der Waals surface area contributed by atoms with Crippen molar-refractivity contribution in [2.75, 3.05) is 19.7 Å². The largest absolute Gasteiger partial charge is 0.462 e. The molecule has 1 aliphatic heterocycles. The zero-order valence-corrected chi connectivity index (χ0v) is 15.1. The molecule has 2 aromatic rings. The van der Waals surface area contributed by atoms with Crippen LogP contribution in [0.15, 0.2) is 23.1 Å². The molecule has 1 aromatic carbocycles. The molecule has 3 rings (SSSR count). The lowest BCUT2D eigenvalue weighted by Gasteiger charge is -2.12. The van der Waals surface area contributed by atoms with Gasteiger partial charge in [-0.2, -0.15) is 0 Å². The van der Waals surface area contributed by atoms with Crippen LogP contribution in [-0.4, -0.2) is 30.6 Å². The quantitative estimate of drug-likeness (QED) is 0.582. The summed E-state index contributed by atoms with van der Waals surface area (Å²) in [7, 11) is 0. The number of rotatable bonds is 4. The van der Waals surface area contributed by atoms with Crippen molar-refractivity contribution in [3.63, 3.8) is 0 Å². The molecular formula is C17H19IN2O3. The zero-order chi connectivity index (χ0) is 16.4. The highest BCUT2D eigenvalue weighted by Gasteiger charge is 2.18. The average Bonchev–Trinajstić information content (AvgIpc) is 3.02. The molecule has 0 amide bonds. The molecule has 0 bridgehead atoms. The van der Waals surface area contributed by atoms with Crippen molar-refractivity contribution in [2.45, 2.75) is 19.8 Å². The highest BCUT2D eigenvalue weighted by molar-refractivity contribution is 14.1. The number of halogens is 1. The lowest BCUT2D eigenvalue weighted by molar-refractivity contribution is 0.0524. The van der Waals surface area contributed by atoms with Crippen LogP contribution >= 0.6 is 22.6 Å². The molecule has 1 aliphatic rings. The Bertz CT molecular complexity index is 794. The molecule has 6 heteroatoms. The van der Waals surface area contributed by atoms with Crippen LogP contribution in [0.3, 0.4) is 0 Å². The summed E-state index contributed by atoms with van der Waals surface area (Å²) in [6.07, 6.45) is 3.64. The molecule has 0 spiro atoms. The lowest BCUT2D eigenvalue weighted by Crippen LogP contribution is -2.18. The van der Waals surface area contributed by atoms with Gasteiger partial charge in [0.05, 0.1) is 6.61 Å². The zero-order valence-electron chi connectivity index (χ0n) is 12.9. The minimum Gasteiger partial charge on any atom is -0.462 e. The van der Waals surface area contributed by atoms with E-state index in [9.17, 15) is 9.59 Å². The molecule has 2 heterocycles. The Hall–Kier alpha value is -1.41. The van der Waals surface area contributed by atoms with Crippen LogP contribution in [0.5, 0.6) is 0 Å². The van der Waals surface area contributed by atoms with Gasteiger partial charge in [0.25, 0.3) is 0 Å². The number of carbonyl (C=O) groups excluding carboxylic acids is 1. The van der Waals surface area contributed by atoms with Crippen molar-refractivity contribution in [3.05, 3.63) is 43.2 Å². The molecule has 1 atom stereocenters. The van der Waals surface area contributed by atoms with E-state index in [0.29, 0.717) is 11.3 Å². The maximum Gasteiger partial charge on any atom is 0.343 e. The summed E-state index contributed by atoms with van der Waals surface area (Å²) in [5.74, 6) is 0.0678. The molecule has 1 fully saturated rings. The van der Waals surface area contributed by atoms with Crippen molar-refractivity contribution < 1.29 is 9.53 Å². The molecule has 1 aromatic heterocycles. The lowest BCUT2D eigenvalue weighted by atomic mass is 9.97. The second-order valence-electron chi connectivity index (χ2n) is 5.80. The molecule has 0 radical (unpaired) electrons. The van der Waals surface area contributed by atoms with Crippen LogP contribution in [0.2, 0.25) is 0 Å². The number of H-pyrrole nitrogens is 1. The Kier molecular flexibility index (Phi) is 5.01. The second-order valence-corrected chi connectivity index (χ2v) is 6.97. The van der Waals surface area contributed by atoms with Crippen LogP contribution in [0.4, 0.5) is 0 Å². The molecule has 0 saturated carbocycles. The van der Waals surface area contributed by atoms with E-state index in [1.165, 1.54) is 18.2 Å². The molecule has 1 unspecified atom stereocenters. The van der Waals surface area contributed by atoms with E-state index in [1.807, 2.05) is 12.1 Å². The number of aromatic amines is 1. The van der Waals surface area contributed by atoms with Gasteiger partial charge in [-0.15, -0.1) is 0 Å². The number of hydrogen-bond acceptors (Lipinski definition) is 4. The number of carbonyl (C=O) groups is 1. The van der Waals surface area contributed by atoms with Crippen LogP contribution in [0.1, 0.15) is 29.3 Å². The van der Waals surface area contributed by atoms with Gasteiger partial charge in [0.1, 0.15) is 5.56 Å². The molecule has 5 nitrogen and oxygen atoms in total. The van der Waals surface area contributed by atoms with Gasteiger partial charge in [0, 0.05) is 20.7 Å². The van der Waals surface area contributed by atoms with E-state index < -0.39 is 5.97 Å². The first-order valence-corrected chi connectivity index (χ1v) is 8.89. The topological polar surface area (TPSA) is 71.2 Å². The normalized spacial score (nSPS) is 17.6. The predicted octanol–water partition coefficient (Wildman–Crippen LogP) is 2.46. The number of fused-ring (bicyclic) bond motifs is 1. The third-order valence-corrected chi connectivity index (χ3v) is 5.22. The Labute approximate surface area is 147 Å².